The van der Waals surface area contributed by atoms with Crippen LogP contribution in [0.4, 0.5) is 0 Å². The highest BCUT2D eigenvalue weighted by atomic mass is 16.5. The fraction of sp³-hybridized carbons (Fsp3) is 0.533. The van der Waals surface area contributed by atoms with E-state index in [-0.39, 0.29) is 11.9 Å². The minimum Gasteiger partial charge on any atom is -0.377 e. The van der Waals surface area contributed by atoms with Crippen molar-refractivity contribution in [2.24, 2.45) is 0 Å². The van der Waals surface area contributed by atoms with Crippen molar-refractivity contribution in [3.05, 3.63) is 35.4 Å². The van der Waals surface area contributed by atoms with E-state index in [1.807, 2.05) is 50.2 Å². The maximum Gasteiger partial charge on any atom is 0.254 e. The number of benzene rings is 1. The molecule has 1 heterocycles. The molecule has 1 fully saturated rings. The van der Waals surface area contributed by atoms with E-state index >= 15 is 0 Å². The second kappa shape index (κ2) is 6.17. The summed E-state index contributed by atoms with van der Waals surface area (Å²) in [4.78, 5) is 16.7. The molecule has 0 aromatic heterocycles. The summed E-state index contributed by atoms with van der Waals surface area (Å²) in [6, 6.07) is 7.90. The third-order valence-corrected chi connectivity index (χ3v) is 3.44. The number of hydrogen-bond donors (Lipinski definition) is 0. The van der Waals surface area contributed by atoms with Crippen LogP contribution in [0.2, 0.25) is 0 Å². The summed E-state index contributed by atoms with van der Waals surface area (Å²) in [5.74, 6) is 0.119. The number of rotatable bonds is 3. The highest BCUT2D eigenvalue weighted by Crippen LogP contribution is 2.15. The van der Waals surface area contributed by atoms with Crippen LogP contribution in [0.1, 0.15) is 15.9 Å². The van der Waals surface area contributed by atoms with Crippen molar-refractivity contribution in [1.29, 1.82) is 0 Å². The molecule has 0 bridgehead atoms. The number of likely N-dealkylation sites (N-methyl/N-ethyl adjacent to an activating group) is 1. The Kier molecular flexibility index (Phi) is 4.56. The van der Waals surface area contributed by atoms with Gasteiger partial charge in [0.05, 0.1) is 19.3 Å². The molecule has 1 aliphatic heterocycles. The van der Waals surface area contributed by atoms with Crippen LogP contribution in [-0.4, -0.2) is 62.1 Å². The van der Waals surface area contributed by atoms with Crippen LogP contribution in [0.5, 0.6) is 0 Å². The van der Waals surface area contributed by atoms with Gasteiger partial charge in [0.1, 0.15) is 0 Å². The van der Waals surface area contributed by atoms with Gasteiger partial charge in [0, 0.05) is 18.7 Å². The molecule has 4 nitrogen and oxygen atoms in total. The maximum atomic E-state index is 12.7. The zero-order valence-corrected chi connectivity index (χ0v) is 11.9. The Morgan fingerprint density at radius 3 is 2.84 bits per heavy atom. The largest absolute Gasteiger partial charge is 0.377 e. The van der Waals surface area contributed by atoms with Crippen LogP contribution < -0.4 is 0 Å². The van der Waals surface area contributed by atoms with Crippen LogP contribution in [0.25, 0.3) is 0 Å². The van der Waals surface area contributed by atoms with Gasteiger partial charge >= 0.3 is 0 Å². The van der Waals surface area contributed by atoms with Gasteiger partial charge in [0.15, 0.2) is 0 Å². The zero-order chi connectivity index (χ0) is 13.8. The molecule has 1 saturated heterocycles. The predicted molar refractivity (Wildman–Crippen MR) is 75.4 cm³/mol. The Balaban J connectivity index is 2.18. The summed E-state index contributed by atoms with van der Waals surface area (Å²) in [7, 11) is 4.04. The van der Waals surface area contributed by atoms with E-state index < -0.39 is 0 Å². The van der Waals surface area contributed by atoms with Crippen LogP contribution in [0, 0.1) is 6.92 Å². The summed E-state index contributed by atoms with van der Waals surface area (Å²) < 4.78 is 5.51. The van der Waals surface area contributed by atoms with Gasteiger partial charge < -0.3 is 14.5 Å². The Morgan fingerprint density at radius 2 is 2.16 bits per heavy atom. The van der Waals surface area contributed by atoms with Crippen LogP contribution in [0.3, 0.4) is 0 Å². The molecular formula is C15H22N2O2. The first-order valence-electron chi connectivity index (χ1n) is 6.68. The van der Waals surface area contributed by atoms with E-state index in [4.69, 9.17) is 4.74 Å². The number of aryl methyl sites for hydroxylation is 1. The van der Waals surface area contributed by atoms with Gasteiger partial charge in [-0.05, 0) is 32.6 Å². The van der Waals surface area contributed by atoms with E-state index in [2.05, 4.69) is 4.90 Å². The number of nitrogens with zero attached hydrogens (tertiary/aromatic N) is 2. The molecule has 0 unspecified atom stereocenters. The molecule has 1 aromatic rings. The van der Waals surface area contributed by atoms with Gasteiger partial charge in [-0.3, -0.25) is 4.79 Å². The zero-order valence-electron chi connectivity index (χ0n) is 11.9. The van der Waals surface area contributed by atoms with Gasteiger partial charge in [0.25, 0.3) is 5.91 Å². The average Bonchev–Trinajstić information content (AvgIpc) is 2.38. The van der Waals surface area contributed by atoms with Gasteiger partial charge in [-0.25, -0.2) is 0 Å². The highest BCUT2D eigenvalue weighted by molar-refractivity contribution is 5.95. The molecule has 0 radical (unpaired) electrons. The third kappa shape index (κ3) is 3.33. The topological polar surface area (TPSA) is 32.8 Å². The minimum atomic E-state index is 0.119. The molecule has 1 atom stereocenters. The summed E-state index contributed by atoms with van der Waals surface area (Å²) >= 11 is 0. The van der Waals surface area contributed by atoms with E-state index in [1.165, 1.54) is 0 Å². The van der Waals surface area contributed by atoms with Crippen molar-refractivity contribution in [2.75, 3.05) is 40.4 Å². The van der Waals surface area contributed by atoms with Crippen LogP contribution >= 0.6 is 0 Å². The van der Waals surface area contributed by atoms with Crippen molar-refractivity contribution in [2.45, 2.75) is 13.0 Å². The molecule has 19 heavy (non-hydrogen) atoms. The summed E-state index contributed by atoms with van der Waals surface area (Å²) in [5.41, 5.74) is 1.83. The van der Waals surface area contributed by atoms with Crippen LogP contribution in [-0.2, 0) is 4.74 Å². The molecule has 2 rings (SSSR count). The smallest absolute Gasteiger partial charge is 0.254 e. The standard InChI is InChI=1S/C15H22N2O2/c1-12-6-4-5-7-14(12)15(18)17-8-9-19-11-13(17)10-16(2)3/h4-7,13H,8-11H2,1-3H3/t13-/m0/s1. The highest BCUT2D eigenvalue weighted by Gasteiger charge is 2.28. The molecule has 0 spiro atoms. The van der Waals surface area contributed by atoms with Gasteiger partial charge in [-0.1, -0.05) is 18.2 Å². The third-order valence-electron chi connectivity index (χ3n) is 3.44. The Bertz CT molecular complexity index is 446. The molecular weight excluding hydrogens is 240 g/mol. The first kappa shape index (κ1) is 14.0. The number of carbonyl (C=O) groups is 1. The lowest BCUT2D eigenvalue weighted by atomic mass is 10.1. The second-order valence-corrected chi connectivity index (χ2v) is 5.30. The maximum absolute atomic E-state index is 12.7. The van der Waals surface area contributed by atoms with E-state index in [0.29, 0.717) is 19.8 Å². The lowest BCUT2D eigenvalue weighted by Gasteiger charge is -2.37. The number of hydrogen-bond acceptors (Lipinski definition) is 3. The molecule has 0 saturated carbocycles. The minimum absolute atomic E-state index is 0.119. The lowest BCUT2D eigenvalue weighted by Crippen LogP contribution is -2.52. The Labute approximate surface area is 115 Å². The summed E-state index contributed by atoms with van der Waals surface area (Å²) in [6.07, 6.45) is 0. The normalized spacial score (nSPS) is 19.8. The van der Waals surface area contributed by atoms with Crippen LogP contribution in [0.15, 0.2) is 24.3 Å². The fourth-order valence-electron chi connectivity index (χ4n) is 2.46. The summed E-state index contributed by atoms with van der Waals surface area (Å²) in [6.45, 7) is 4.73. The molecule has 1 aliphatic rings. The quantitative estimate of drug-likeness (QED) is 0.825. The van der Waals surface area contributed by atoms with Crippen molar-refractivity contribution < 1.29 is 9.53 Å². The van der Waals surface area contributed by atoms with E-state index in [9.17, 15) is 4.79 Å². The summed E-state index contributed by atoms with van der Waals surface area (Å²) in [5, 5.41) is 0. The van der Waals surface area contributed by atoms with E-state index in [1.54, 1.807) is 0 Å². The first-order chi connectivity index (χ1) is 9.09. The Hall–Kier alpha value is -1.39. The molecule has 0 N–H and O–H groups in total. The molecule has 1 amide bonds. The van der Waals surface area contributed by atoms with Crippen molar-refractivity contribution in [3.8, 4) is 0 Å². The number of ether oxygens (including phenoxy) is 1. The molecule has 104 valence electrons. The predicted octanol–water partition coefficient (Wildman–Crippen LogP) is 1.40. The monoisotopic (exact) mass is 262 g/mol. The van der Waals surface area contributed by atoms with Crippen molar-refractivity contribution in [3.63, 3.8) is 0 Å². The Morgan fingerprint density at radius 1 is 1.42 bits per heavy atom. The van der Waals surface area contributed by atoms with E-state index in [0.717, 1.165) is 17.7 Å². The number of carbonyl (C=O) groups excluding carboxylic acids is 1. The van der Waals surface area contributed by atoms with Crippen molar-refractivity contribution >= 4 is 5.91 Å². The van der Waals surface area contributed by atoms with Gasteiger partial charge in [-0.15, -0.1) is 0 Å². The number of amides is 1. The fourth-order valence-corrected chi connectivity index (χ4v) is 2.46. The second-order valence-electron chi connectivity index (χ2n) is 5.30. The lowest BCUT2D eigenvalue weighted by molar-refractivity contribution is -0.00834. The molecule has 0 aliphatic carbocycles. The number of morpholine rings is 1. The van der Waals surface area contributed by atoms with Gasteiger partial charge in [-0.2, -0.15) is 0 Å². The first-order valence-corrected chi connectivity index (χ1v) is 6.68. The van der Waals surface area contributed by atoms with Gasteiger partial charge in [0.2, 0.25) is 0 Å². The molecule has 1 aromatic carbocycles. The SMILES string of the molecule is Cc1ccccc1C(=O)N1CCOC[C@@H]1CN(C)C. The average molecular weight is 262 g/mol. The molecule has 4 heteroatoms. The van der Waals surface area contributed by atoms with Crippen molar-refractivity contribution in [1.82, 2.24) is 9.80 Å².